The van der Waals surface area contributed by atoms with Crippen LogP contribution in [-0.2, 0) is 4.74 Å². The summed E-state index contributed by atoms with van der Waals surface area (Å²) in [5.41, 5.74) is -0.449. The molecule has 0 radical (unpaired) electrons. The summed E-state index contributed by atoms with van der Waals surface area (Å²) in [5, 5.41) is 6.98. The van der Waals surface area contributed by atoms with E-state index in [1.807, 2.05) is 38.8 Å². The second-order valence-electron chi connectivity index (χ2n) is 9.87. The topological polar surface area (TPSA) is 82.3 Å². The smallest absolute Gasteiger partial charge is 0.410 e. The van der Waals surface area contributed by atoms with Crippen molar-refractivity contribution in [1.82, 2.24) is 20.4 Å². The van der Waals surface area contributed by atoms with E-state index in [-0.39, 0.29) is 12.1 Å². The van der Waals surface area contributed by atoms with Crippen LogP contribution in [0.1, 0.15) is 64.7 Å². The number of furan rings is 1. The average molecular weight is 448 g/mol. The first kappa shape index (κ1) is 24.4. The van der Waals surface area contributed by atoms with Crippen LogP contribution in [0.3, 0.4) is 0 Å². The number of guanidine groups is 1. The van der Waals surface area contributed by atoms with E-state index in [1.165, 1.54) is 19.3 Å². The molecule has 1 amide bonds. The molecule has 1 unspecified atom stereocenters. The summed E-state index contributed by atoms with van der Waals surface area (Å²) in [6, 6.07) is 4.24. The van der Waals surface area contributed by atoms with Gasteiger partial charge in [0.25, 0.3) is 0 Å². The van der Waals surface area contributed by atoms with Gasteiger partial charge in [0.15, 0.2) is 5.96 Å². The molecule has 2 N–H and O–H groups in total. The first-order valence-electron chi connectivity index (χ1n) is 12.1. The van der Waals surface area contributed by atoms with E-state index in [9.17, 15) is 4.79 Å². The minimum Gasteiger partial charge on any atom is -0.468 e. The van der Waals surface area contributed by atoms with Gasteiger partial charge in [-0.05, 0) is 77.6 Å². The largest absolute Gasteiger partial charge is 0.468 e. The summed E-state index contributed by atoms with van der Waals surface area (Å²) >= 11 is 0. The maximum Gasteiger partial charge on any atom is 0.410 e. The van der Waals surface area contributed by atoms with Crippen molar-refractivity contribution in [2.24, 2.45) is 10.9 Å². The van der Waals surface area contributed by atoms with Crippen molar-refractivity contribution in [1.29, 1.82) is 0 Å². The Kier molecular flexibility index (Phi) is 8.84. The molecule has 2 aliphatic heterocycles. The van der Waals surface area contributed by atoms with Crippen molar-refractivity contribution in [2.75, 3.05) is 46.3 Å². The van der Waals surface area contributed by atoms with Crippen molar-refractivity contribution < 1.29 is 13.9 Å². The van der Waals surface area contributed by atoms with Crippen molar-refractivity contribution >= 4 is 12.1 Å². The predicted octanol–water partition coefficient (Wildman–Crippen LogP) is 3.62. The first-order chi connectivity index (χ1) is 15.4. The zero-order chi connectivity index (χ0) is 23.0. The highest BCUT2D eigenvalue weighted by Crippen LogP contribution is 2.24. The summed E-state index contributed by atoms with van der Waals surface area (Å²) in [6.07, 6.45) is 7.27. The Labute approximate surface area is 192 Å². The number of piperidine rings is 2. The van der Waals surface area contributed by atoms with Crippen LogP contribution in [0.15, 0.2) is 27.8 Å². The van der Waals surface area contributed by atoms with Crippen LogP contribution in [-0.4, -0.2) is 73.8 Å². The maximum atomic E-state index is 12.3. The van der Waals surface area contributed by atoms with Crippen LogP contribution in [0.25, 0.3) is 0 Å². The fourth-order valence-corrected chi connectivity index (χ4v) is 4.42. The second kappa shape index (κ2) is 11.6. The molecule has 180 valence electrons. The molecule has 32 heavy (non-hydrogen) atoms. The number of likely N-dealkylation sites (tertiary alicyclic amines) is 2. The van der Waals surface area contributed by atoms with Gasteiger partial charge in [0, 0.05) is 33.2 Å². The Hall–Kier alpha value is -2.22. The number of aliphatic imine (C=N–C) groups is 1. The van der Waals surface area contributed by atoms with Gasteiger partial charge in [-0.2, -0.15) is 0 Å². The number of rotatable bonds is 6. The minimum atomic E-state index is -0.449. The molecule has 8 heteroatoms. The summed E-state index contributed by atoms with van der Waals surface area (Å²) in [4.78, 5) is 21.0. The van der Waals surface area contributed by atoms with Crippen molar-refractivity contribution in [2.45, 2.75) is 64.5 Å². The highest BCUT2D eigenvalue weighted by molar-refractivity contribution is 5.79. The van der Waals surface area contributed by atoms with Crippen molar-refractivity contribution in [3.63, 3.8) is 0 Å². The van der Waals surface area contributed by atoms with E-state index in [0.29, 0.717) is 5.92 Å². The van der Waals surface area contributed by atoms with Crippen LogP contribution < -0.4 is 10.6 Å². The molecule has 1 atom stereocenters. The lowest BCUT2D eigenvalue weighted by atomic mass is 9.97. The van der Waals surface area contributed by atoms with Gasteiger partial charge in [0.05, 0.1) is 12.3 Å². The summed E-state index contributed by atoms with van der Waals surface area (Å²) in [7, 11) is 1.81. The van der Waals surface area contributed by atoms with Gasteiger partial charge in [-0.15, -0.1) is 0 Å². The van der Waals surface area contributed by atoms with Crippen molar-refractivity contribution in [3.05, 3.63) is 24.2 Å². The normalized spacial score (nSPS) is 20.1. The molecule has 3 rings (SSSR count). The quantitative estimate of drug-likeness (QED) is 0.512. The van der Waals surface area contributed by atoms with Crippen molar-refractivity contribution in [3.8, 4) is 0 Å². The zero-order valence-corrected chi connectivity index (χ0v) is 20.2. The van der Waals surface area contributed by atoms with Crippen LogP contribution in [0.4, 0.5) is 4.79 Å². The molecule has 2 saturated heterocycles. The van der Waals surface area contributed by atoms with Gasteiger partial charge in [0.2, 0.25) is 0 Å². The van der Waals surface area contributed by atoms with Gasteiger partial charge >= 0.3 is 6.09 Å². The number of nitrogens with one attached hydrogen (secondary N) is 2. The van der Waals surface area contributed by atoms with Gasteiger partial charge in [-0.1, -0.05) is 6.42 Å². The third kappa shape index (κ3) is 7.43. The third-order valence-electron chi connectivity index (χ3n) is 6.21. The maximum absolute atomic E-state index is 12.3. The van der Waals surface area contributed by atoms with Crippen LogP contribution >= 0.6 is 0 Å². The van der Waals surface area contributed by atoms with E-state index < -0.39 is 5.60 Å². The second-order valence-corrected chi connectivity index (χ2v) is 9.87. The Balaban J connectivity index is 1.43. The van der Waals surface area contributed by atoms with Gasteiger partial charge in [0.1, 0.15) is 11.4 Å². The standard InChI is InChI=1S/C24H41N5O3/c1-24(2,3)32-23(30)29-14-10-19(11-15-29)17-26-22(25-4)27-18-20(21-9-8-16-31-21)28-12-6-5-7-13-28/h8-9,16,19-20H,5-7,10-15,17-18H2,1-4H3,(H2,25,26,27). The molecule has 3 heterocycles. The molecule has 0 bridgehead atoms. The van der Waals surface area contributed by atoms with E-state index in [1.54, 1.807) is 6.26 Å². The lowest BCUT2D eigenvalue weighted by Crippen LogP contribution is -2.47. The van der Waals surface area contributed by atoms with E-state index in [2.05, 4.69) is 26.6 Å². The van der Waals surface area contributed by atoms with Gasteiger partial charge in [-0.25, -0.2) is 4.79 Å². The fraction of sp³-hybridized carbons (Fsp3) is 0.750. The van der Waals surface area contributed by atoms with Crippen LogP contribution in [0.5, 0.6) is 0 Å². The average Bonchev–Trinajstić information content (AvgIpc) is 3.30. The molecule has 2 aliphatic rings. The fourth-order valence-electron chi connectivity index (χ4n) is 4.42. The SMILES string of the molecule is CN=C(NCC1CCN(C(=O)OC(C)(C)C)CC1)NCC(c1ccco1)N1CCCCC1. The van der Waals surface area contributed by atoms with Gasteiger partial charge < -0.3 is 24.7 Å². The number of amides is 1. The predicted molar refractivity (Wildman–Crippen MR) is 127 cm³/mol. The van der Waals surface area contributed by atoms with E-state index >= 15 is 0 Å². The van der Waals surface area contributed by atoms with Gasteiger partial charge in [-0.3, -0.25) is 9.89 Å². The molecule has 0 aromatic carbocycles. The number of carbonyl (C=O) groups is 1. The monoisotopic (exact) mass is 447 g/mol. The molecule has 2 fully saturated rings. The third-order valence-corrected chi connectivity index (χ3v) is 6.21. The van der Waals surface area contributed by atoms with E-state index in [0.717, 1.165) is 63.8 Å². The Morgan fingerprint density at radius 1 is 1.19 bits per heavy atom. The lowest BCUT2D eigenvalue weighted by molar-refractivity contribution is 0.0185. The molecule has 1 aromatic heterocycles. The summed E-state index contributed by atoms with van der Waals surface area (Å²) in [5.74, 6) is 2.33. The molecule has 8 nitrogen and oxygen atoms in total. The van der Waals surface area contributed by atoms with Crippen LogP contribution in [0.2, 0.25) is 0 Å². The number of ether oxygens (including phenoxy) is 1. The van der Waals surface area contributed by atoms with Crippen LogP contribution in [0, 0.1) is 5.92 Å². The highest BCUT2D eigenvalue weighted by atomic mass is 16.6. The molecule has 0 aliphatic carbocycles. The molecular formula is C24H41N5O3. The number of carbonyl (C=O) groups excluding carboxylic acids is 1. The lowest BCUT2D eigenvalue weighted by Gasteiger charge is -2.34. The molecule has 1 aromatic rings. The molecular weight excluding hydrogens is 406 g/mol. The highest BCUT2D eigenvalue weighted by Gasteiger charge is 2.27. The minimum absolute atomic E-state index is 0.205. The summed E-state index contributed by atoms with van der Waals surface area (Å²) < 4.78 is 11.2. The number of nitrogens with zero attached hydrogens (tertiary/aromatic N) is 3. The zero-order valence-electron chi connectivity index (χ0n) is 20.2. The summed E-state index contributed by atoms with van der Waals surface area (Å²) in [6.45, 7) is 11.0. The Morgan fingerprint density at radius 2 is 1.91 bits per heavy atom. The van der Waals surface area contributed by atoms with E-state index in [4.69, 9.17) is 9.15 Å². The number of hydrogen-bond acceptors (Lipinski definition) is 5. The molecule has 0 saturated carbocycles. The first-order valence-corrected chi connectivity index (χ1v) is 12.1. The number of hydrogen-bond donors (Lipinski definition) is 2. The Bertz CT molecular complexity index is 714. The molecule has 0 spiro atoms. The Morgan fingerprint density at radius 3 is 2.50 bits per heavy atom.